The van der Waals surface area contributed by atoms with Crippen LogP contribution in [0.15, 0.2) is 11.1 Å². The van der Waals surface area contributed by atoms with E-state index in [1.807, 2.05) is 4.68 Å². The molecule has 0 saturated carbocycles. The Morgan fingerprint density at radius 3 is 2.65 bits per heavy atom. The highest BCUT2D eigenvalue weighted by Gasteiger charge is 2.15. The van der Waals surface area contributed by atoms with E-state index >= 15 is 0 Å². The van der Waals surface area contributed by atoms with Gasteiger partial charge in [-0.05, 0) is 19.8 Å². The van der Waals surface area contributed by atoms with Crippen molar-refractivity contribution in [3.05, 3.63) is 11.8 Å². The van der Waals surface area contributed by atoms with Crippen LogP contribution in [0.25, 0.3) is 0 Å². The van der Waals surface area contributed by atoms with Gasteiger partial charge in [-0.3, -0.25) is 4.99 Å². The van der Waals surface area contributed by atoms with E-state index in [4.69, 9.17) is 0 Å². The van der Waals surface area contributed by atoms with Gasteiger partial charge in [-0.25, -0.2) is 4.68 Å². The standard InChI is InChI=1S/C12H21N5/c1-8(2)10-7-11(17(16-10)9(3)4)15-12-13-5-6-14-12/h7-9H,5-6H2,1-4H3,(H2,13,14,15). The number of aromatic nitrogens is 2. The third-order valence-corrected chi connectivity index (χ3v) is 2.76. The van der Waals surface area contributed by atoms with Crippen molar-refractivity contribution in [2.24, 2.45) is 4.99 Å². The molecule has 0 bridgehead atoms. The minimum atomic E-state index is 0.340. The molecule has 1 aromatic heterocycles. The summed E-state index contributed by atoms with van der Waals surface area (Å²) in [5.41, 5.74) is 1.11. The second-order valence-electron chi connectivity index (χ2n) is 4.93. The molecule has 5 nitrogen and oxygen atoms in total. The highest BCUT2D eigenvalue weighted by atomic mass is 15.4. The zero-order valence-electron chi connectivity index (χ0n) is 11.0. The summed E-state index contributed by atoms with van der Waals surface area (Å²) in [6, 6.07) is 2.44. The monoisotopic (exact) mass is 235 g/mol. The van der Waals surface area contributed by atoms with Gasteiger partial charge < -0.3 is 10.6 Å². The third kappa shape index (κ3) is 2.60. The first kappa shape index (κ1) is 12.0. The number of hydrogen-bond donors (Lipinski definition) is 2. The fraction of sp³-hybridized carbons (Fsp3) is 0.667. The average Bonchev–Trinajstić information content (AvgIpc) is 2.87. The molecule has 2 heterocycles. The summed E-state index contributed by atoms with van der Waals surface area (Å²) < 4.78 is 2.01. The van der Waals surface area contributed by atoms with Gasteiger partial charge in [0.2, 0.25) is 0 Å². The molecule has 94 valence electrons. The number of nitrogens with one attached hydrogen (secondary N) is 2. The normalized spacial score (nSPS) is 15.3. The van der Waals surface area contributed by atoms with Crippen molar-refractivity contribution in [3.63, 3.8) is 0 Å². The lowest BCUT2D eigenvalue weighted by Crippen LogP contribution is -2.27. The van der Waals surface area contributed by atoms with E-state index in [0.29, 0.717) is 12.0 Å². The van der Waals surface area contributed by atoms with Crippen LogP contribution in [0.5, 0.6) is 0 Å². The summed E-state index contributed by atoms with van der Waals surface area (Å²) >= 11 is 0. The van der Waals surface area contributed by atoms with Crippen molar-refractivity contribution in [3.8, 4) is 0 Å². The fourth-order valence-electron chi connectivity index (χ4n) is 1.79. The van der Waals surface area contributed by atoms with Crippen LogP contribution in [0.1, 0.15) is 45.3 Å². The summed E-state index contributed by atoms with van der Waals surface area (Å²) in [6.07, 6.45) is 0. The van der Waals surface area contributed by atoms with Gasteiger partial charge in [0.1, 0.15) is 5.82 Å². The summed E-state index contributed by atoms with van der Waals surface area (Å²) in [6.45, 7) is 10.3. The van der Waals surface area contributed by atoms with Gasteiger partial charge in [0.25, 0.3) is 0 Å². The average molecular weight is 235 g/mol. The van der Waals surface area contributed by atoms with Crippen molar-refractivity contribution in [1.29, 1.82) is 0 Å². The Bertz CT molecular complexity index is 417. The Balaban J connectivity index is 2.24. The molecule has 0 spiro atoms. The zero-order chi connectivity index (χ0) is 12.4. The summed E-state index contributed by atoms with van der Waals surface area (Å²) in [4.78, 5) is 4.34. The maximum Gasteiger partial charge on any atom is 0.197 e. The molecule has 0 unspecified atom stereocenters. The van der Waals surface area contributed by atoms with Crippen LogP contribution in [0.2, 0.25) is 0 Å². The molecule has 0 aromatic carbocycles. The first-order valence-corrected chi connectivity index (χ1v) is 6.22. The molecule has 1 aromatic rings. The second kappa shape index (κ2) is 4.77. The highest BCUT2D eigenvalue weighted by molar-refractivity contribution is 5.93. The number of hydrogen-bond acceptors (Lipinski definition) is 4. The van der Waals surface area contributed by atoms with E-state index < -0.39 is 0 Å². The van der Waals surface area contributed by atoms with E-state index in [9.17, 15) is 0 Å². The van der Waals surface area contributed by atoms with E-state index in [1.165, 1.54) is 0 Å². The number of nitrogens with zero attached hydrogens (tertiary/aromatic N) is 3. The third-order valence-electron chi connectivity index (χ3n) is 2.76. The Hall–Kier alpha value is -1.52. The van der Waals surface area contributed by atoms with E-state index in [-0.39, 0.29) is 0 Å². The van der Waals surface area contributed by atoms with Crippen LogP contribution in [-0.4, -0.2) is 28.8 Å². The van der Waals surface area contributed by atoms with Crippen LogP contribution in [-0.2, 0) is 0 Å². The Morgan fingerprint density at radius 1 is 1.35 bits per heavy atom. The molecule has 0 atom stereocenters. The van der Waals surface area contributed by atoms with Gasteiger partial charge in [0.05, 0.1) is 12.2 Å². The Kier molecular flexibility index (Phi) is 3.36. The van der Waals surface area contributed by atoms with Gasteiger partial charge >= 0.3 is 0 Å². The maximum atomic E-state index is 4.62. The highest BCUT2D eigenvalue weighted by Crippen LogP contribution is 2.21. The molecule has 5 heteroatoms. The Morgan fingerprint density at radius 2 is 2.12 bits per heavy atom. The summed E-state index contributed by atoms with van der Waals surface area (Å²) in [5, 5.41) is 11.1. The van der Waals surface area contributed by atoms with Crippen molar-refractivity contribution >= 4 is 11.8 Å². The lowest BCUT2D eigenvalue weighted by atomic mass is 10.1. The van der Waals surface area contributed by atoms with Gasteiger partial charge in [-0.1, -0.05) is 13.8 Å². The molecule has 2 rings (SSSR count). The number of anilines is 1. The van der Waals surface area contributed by atoms with Crippen LogP contribution < -0.4 is 10.6 Å². The second-order valence-corrected chi connectivity index (χ2v) is 4.93. The predicted octanol–water partition coefficient (Wildman–Crippen LogP) is 1.96. The maximum absolute atomic E-state index is 4.62. The van der Waals surface area contributed by atoms with Crippen LogP contribution in [0.4, 0.5) is 5.82 Å². The topological polar surface area (TPSA) is 54.2 Å². The van der Waals surface area contributed by atoms with E-state index in [0.717, 1.165) is 30.6 Å². The molecule has 0 fully saturated rings. The molecule has 2 N–H and O–H groups in total. The predicted molar refractivity (Wildman–Crippen MR) is 70.6 cm³/mol. The molecule has 0 radical (unpaired) electrons. The van der Waals surface area contributed by atoms with E-state index in [1.54, 1.807) is 0 Å². The molecule has 0 amide bonds. The smallest absolute Gasteiger partial charge is 0.197 e. The first-order valence-electron chi connectivity index (χ1n) is 6.22. The Labute approximate surface area is 102 Å². The lowest BCUT2D eigenvalue weighted by molar-refractivity contribution is 0.529. The van der Waals surface area contributed by atoms with Gasteiger partial charge in [-0.2, -0.15) is 5.10 Å². The van der Waals surface area contributed by atoms with Crippen molar-refractivity contribution in [2.75, 3.05) is 18.4 Å². The van der Waals surface area contributed by atoms with Crippen molar-refractivity contribution in [2.45, 2.75) is 39.7 Å². The molecule has 1 aliphatic rings. The van der Waals surface area contributed by atoms with Crippen LogP contribution >= 0.6 is 0 Å². The molecular formula is C12H21N5. The molecule has 0 saturated heterocycles. The number of guanidine groups is 1. The van der Waals surface area contributed by atoms with Gasteiger partial charge in [-0.15, -0.1) is 0 Å². The van der Waals surface area contributed by atoms with Gasteiger partial charge in [0.15, 0.2) is 5.96 Å². The minimum absolute atomic E-state index is 0.340. The van der Waals surface area contributed by atoms with Crippen LogP contribution in [0, 0.1) is 0 Å². The van der Waals surface area contributed by atoms with E-state index in [2.05, 4.69) is 54.5 Å². The molecule has 0 aliphatic carbocycles. The SMILES string of the molecule is CC(C)c1cc(NC2=NCCN2)n(C(C)C)n1. The summed E-state index contributed by atoms with van der Waals surface area (Å²) in [7, 11) is 0. The first-order chi connectivity index (χ1) is 8.08. The quantitative estimate of drug-likeness (QED) is 0.842. The largest absolute Gasteiger partial charge is 0.354 e. The molecular weight excluding hydrogens is 214 g/mol. The fourth-order valence-corrected chi connectivity index (χ4v) is 1.79. The van der Waals surface area contributed by atoms with Crippen molar-refractivity contribution < 1.29 is 0 Å². The zero-order valence-corrected chi connectivity index (χ0v) is 11.0. The summed E-state index contributed by atoms with van der Waals surface area (Å²) in [5.74, 6) is 2.30. The minimum Gasteiger partial charge on any atom is -0.354 e. The van der Waals surface area contributed by atoms with Gasteiger partial charge in [0, 0.05) is 18.7 Å². The number of rotatable bonds is 3. The molecule has 17 heavy (non-hydrogen) atoms. The lowest BCUT2D eigenvalue weighted by Gasteiger charge is -2.12. The molecule has 1 aliphatic heterocycles. The van der Waals surface area contributed by atoms with Crippen molar-refractivity contribution in [1.82, 2.24) is 15.1 Å². The number of aliphatic imine (C=N–C) groups is 1. The van der Waals surface area contributed by atoms with Crippen LogP contribution in [0.3, 0.4) is 0 Å².